The van der Waals surface area contributed by atoms with Crippen molar-refractivity contribution in [1.82, 2.24) is 19.7 Å². The Morgan fingerprint density at radius 1 is 1.21 bits per heavy atom. The van der Waals surface area contributed by atoms with Gasteiger partial charge in [0.25, 0.3) is 5.91 Å². The highest BCUT2D eigenvalue weighted by molar-refractivity contribution is 6.10. The fraction of sp³-hybridized carbons (Fsp3) is 0.375. The third-order valence-electron chi connectivity index (χ3n) is 6.40. The van der Waals surface area contributed by atoms with Crippen molar-refractivity contribution < 1.29 is 14.7 Å². The zero-order valence-corrected chi connectivity index (χ0v) is 18.7. The predicted octanol–water partition coefficient (Wildman–Crippen LogP) is 3.38. The Kier molecular flexibility index (Phi) is 5.32. The van der Waals surface area contributed by atoms with E-state index in [2.05, 4.69) is 28.9 Å². The second-order valence-corrected chi connectivity index (χ2v) is 8.89. The van der Waals surface area contributed by atoms with Crippen LogP contribution in [0.5, 0.6) is 0 Å². The summed E-state index contributed by atoms with van der Waals surface area (Å²) in [4.78, 5) is 33.2. The summed E-state index contributed by atoms with van der Waals surface area (Å²) in [5, 5.41) is 17.6. The van der Waals surface area contributed by atoms with E-state index in [9.17, 15) is 14.7 Å². The van der Waals surface area contributed by atoms with Crippen molar-refractivity contribution in [2.45, 2.75) is 39.3 Å². The minimum Gasteiger partial charge on any atom is -0.481 e. The van der Waals surface area contributed by atoms with E-state index in [0.717, 1.165) is 24.2 Å². The lowest BCUT2D eigenvalue weighted by Gasteiger charge is -2.32. The fourth-order valence-electron chi connectivity index (χ4n) is 4.59. The summed E-state index contributed by atoms with van der Waals surface area (Å²) >= 11 is 0. The molecule has 1 saturated heterocycles. The number of aromatic nitrogens is 4. The van der Waals surface area contributed by atoms with Gasteiger partial charge in [-0.05, 0) is 56.5 Å². The number of carbonyl (C=O) groups is 2. The van der Waals surface area contributed by atoms with E-state index in [1.165, 1.54) is 0 Å². The molecule has 0 aliphatic carbocycles. The van der Waals surface area contributed by atoms with Crippen molar-refractivity contribution in [1.29, 1.82) is 0 Å². The molecular weight excluding hydrogens is 420 g/mol. The number of pyridine rings is 1. The summed E-state index contributed by atoms with van der Waals surface area (Å²) in [5.74, 6) is -0.0103. The molecule has 2 aromatic heterocycles. The van der Waals surface area contributed by atoms with Gasteiger partial charge in [0.15, 0.2) is 5.82 Å². The molecule has 0 spiro atoms. The topological polar surface area (TPSA) is 104 Å². The van der Waals surface area contributed by atoms with Crippen molar-refractivity contribution in [3.63, 3.8) is 0 Å². The zero-order chi connectivity index (χ0) is 23.1. The zero-order valence-electron chi connectivity index (χ0n) is 18.7. The Labute approximate surface area is 191 Å². The van der Waals surface area contributed by atoms with Gasteiger partial charge >= 0.3 is 5.97 Å². The molecule has 2 aliphatic heterocycles. The fourth-order valence-corrected chi connectivity index (χ4v) is 4.59. The molecule has 1 aromatic carbocycles. The average molecular weight is 447 g/mol. The van der Waals surface area contributed by atoms with Crippen LogP contribution in [0.2, 0.25) is 0 Å². The summed E-state index contributed by atoms with van der Waals surface area (Å²) in [6.07, 6.45) is 3.20. The van der Waals surface area contributed by atoms with Crippen LogP contribution in [0.4, 0.5) is 11.5 Å². The Morgan fingerprint density at radius 3 is 2.85 bits per heavy atom. The molecule has 1 N–H and O–H groups in total. The molecule has 170 valence electrons. The van der Waals surface area contributed by atoms with Gasteiger partial charge in [-0.1, -0.05) is 12.1 Å². The van der Waals surface area contributed by atoms with Crippen LogP contribution in [0.1, 0.15) is 48.7 Å². The molecule has 2 aliphatic rings. The molecule has 1 fully saturated rings. The number of carboxylic acids is 1. The number of carbonyl (C=O) groups excluding carboxylic acids is 1. The van der Waals surface area contributed by atoms with E-state index in [4.69, 9.17) is 4.98 Å². The Bertz CT molecular complexity index is 1220. The second-order valence-electron chi connectivity index (χ2n) is 8.89. The maximum atomic E-state index is 13.3. The van der Waals surface area contributed by atoms with Crippen molar-refractivity contribution in [2.75, 3.05) is 22.9 Å². The van der Waals surface area contributed by atoms with Crippen molar-refractivity contribution in [3.8, 4) is 11.5 Å². The lowest BCUT2D eigenvalue weighted by Crippen LogP contribution is -2.38. The van der Waals surface area contributed by atoms with E-state index >= 15 is 0 Å². The number of hydrogen-bond acceptors (Lipinski definition) is 6. The smallest absolute Gasteiger partial charge is 0.308 e. The number of hydrogen-bond donors (Lipinski definition) is 1. The van der Waals surface area contributed by atoms with Gasteiger partial charge in [0.1, 0.15) is 17.8 Å². The van der Waals surface area contributed by atoms with E-state index in [1.54, 1.807) is 11.2 Å². The van der Waals surface area contributed by atoms with Crippen LogP contribution in [0.3, 0.4) is 0 Å². The normalized spacial score (nSPS) is 18.2. The Hall–Kier alpha value is -3.75. The van der Waals surface area contributed by atoms with Gasteiger partial charge in [0.05, 0.1) is 12.5 Å². The third-order valence-corrected chi connectivity index (χ3v) is 6.40. The Morgan fingerprint density at radius 2 is 2.06 bits per heavy atom. The summed E-state index contributed by atoms with van der Waals surface area (Å²) in [7, 11) is 0. The monoisotopic (exact) mass is 446 g/mol. The summed E-state index contributed by atoms with van der Waals surface area (Å²) in [5.41, 5.74) is 3.13. The van der Waals surface area contributed by atoms with Gasteiger partial charge in [0.2, 0.25) is 0 Å². The average Bonchev–Trinajstić information content (AvgIpc) is 3.44. The third kappa shape index (κ3) is 3.83. The first-order chi connectivity index (χ1) is 15.9. The lowest BCUT2D eigenvalue weighted by molar-refractivity contribution is -0.141. The molecule has 0 saturated carbocycles. The number of anilines is 2. The highest BCUT2D eigenvalue weighted by atomic mass is 16.4. The number of piperidine rings is 1. The summed E-state index contributed by atoms with van der Waals surface area (Å²) in [6, 6.07) is 11.6. The first kappa shape index (κ1) is 21.1. The molecule has 4 heterocycles. The molecule has 0 bridgehead atoms. The standard InChI is InChI=1S/C24H26N6O3/c1-15(2)30-14-25-27-22(30)20-6-3-7-21(26-20)29-13-16-8-9-18(11-19(16)23(29)31)28-10-4-5-17(12-28)24(32)33/h3,6-9,11,14-15,17H,4-5,10,12-13H2,1-2H3,(H,32,33). The Balaban J connectivity index is 1.41. The number of nitrogens with zero attached hydrogens (tertiary/aromatic N) is 6. The first-order valence-electron chi connectivity index (χ1n) is 11.2. The SMILES string of the molecule is CC(C)n1cnnc1-c1cccc(N2Cc3ccc(N4CCCC(C(=O)O)C4)cc3C2=O)n1. The molecule has 5 rings (SSSR count). The largest absolute Gasteiger partial charge is 0.481 e. The van der Waals surface area contributed by atoms with Crippen LogP contribution >= 0.6 is 0 Å². The molecule has 33 heavy (non-hydrogen) atoms. The quantitative estimate of drug-likeness (QED) is 0.641. The van der Waals surface area contributed by atoms with E-state index in [-0.39, 0.29) is 17.9 Å². The molecule has 1 atom stereocenters. The van der Waals surface area contributed by atoms with E-state index in [0.29, 0.717) is 42.4 Å². The van der Waals surface area contributed by atoms with E-state index in [1.807, 2.05) is 41.0 Å². The van der Waals surface area contributed by atoms with Crippen molar-refractivity contribution in [2.24, 2.45) is 5.92 Å². The van der Waals surface area contributed by atoms with Crippen LogP contribution in [-0.4, -0.2) is 49.8 Å². The number of carboxylic acid groups (broad SMARTS) is 1. The highest BCUT2D eigenvalue weighted by Crippen LogP contribution is 2.32. The number of aliphatic carboxylic acids is 1. The van der Waals surface area contributed by atoms with Crippen molar-refractivity contribution in [3.05, 3.63) is 53.9 Å². The maximum Gasteiger partial charge on any atom is 0.308 e. The van der Waals surface area contributed by atoms with Crippen LogP contribution in [0.25, 0.3) is 11.5 Å². The van der Waals surface area contributed by atoms with Gasteiger partial charge in [-0.3, -0.25) is 14.5 Å². The minimum absolute atomic E-state index is 0.103. The molecule has 0 radical (unpaired) electrons. The van der Waals surface area contributed by atoms with Gasteiger partial charge in [0, 0.05) is 30.4 Å². The molecule has 9 heteroatoms. The maximum absolute atomic E-state index is 13.3. The minimum atomic E-state index is -0.762. The second kappa shape index (κ2) is 8.31. The number of fused-ring (bicyclic) bond motifs is 1. The molecule has 9 nitrogen and oxygen atoms in total. The molecule has 1 unspecified atom stereocenters. The summed E-state index contributed by atoms with van der Waals surface area (Å²) in [6.45, 7) is 5.80. The van der Waals surface area contributed by atoms with E-state index < -0.39 is 5.97 Å². The number of rotatable bonds is 5. The van der Waals surface area contributed by atoms with Gasteiger partial charge < -0.3 is 14.6 Å². The number of benzene rings is 1. The lowest BCUT2D eigenvalue weighted by atomic mass is 9.97. The number of amides is 1. The predicted molar refractivity (Wildman–Crippen MR) is 123 cm³/mol. The van der Waals surface area contributed by atoms with Crippen LogP contribution in [0, 0.1) is 5.92 Å². The van der Waals surface area contributed by atoms with Crippen LogP contribution < -0.4 is 9.80 Å². The molecule has 1 amide bonds. The van der Waals surface area contributed by atoms with Gasteiger partial charge in [-0.2, -0.15) is 0 Å². The van der Waals surface area contributed by atoms with Crippen LogP contribution in [-0.2, 0) is 11.3 Å². The first-order valence-corrected chi connectivity index (χ1v) is 11.2. The highest BCUT2D eigenvalue weighted by Gasteiger charge is 2.32. The molecule has 3 aromatic rings. The van der Waals surface area contributed by atoms with Gasteiger partial charge in [-0.25, -0.2) is 4.98 Å². The van der Waals surface area contributed by atoms with Crippen LogP contribution in [0.15, 0.2) is 42.7 Å². The van der Waals surface area contributed by atoms with Gasteiger partial charge in [-0.15, -0.1) is 10.2 Å². The summed E-state index contributed by atoms with van der Waals surface area (Å²) < 4.78 is 1.95. The molecular formula is C24H26N6O3. The van der Waals surface area contributed by atoms with Crippen molar-refractivity contribution >= 4 is 23.4 Å².